The van der Waals surface area contributed by atoms with Crippen LogP contribution in [-0.2, 0) is 38.6 Å². The summed E-state index contributed by atoms with van der Waals surface area (Å²) in [6, 6.07) is 12.2. The number of rotatable bonds is 8. The summed E-state index contributed by atoms with van der Waals surface area (Å²) in [5.74, 6) is 0.0641. The van der Waals surface area contributed by atoms with Gasteiger partial charge in [-0.05, 0) is 69.0 Å². The van der Waals surface area contributed by atoms with Gasteiger partial charge in [0.25, 0.3) is 0 Å². The first-order valence-electron chi connectivity index (χ1n) is 11.9. The van der Waals surface area contributed by atoms with E-state index in [9.17, 15) is 14.4 Å². The maximum absolute atomic E-state index is 13.2. The van der Waals surface area contributed by atoms with E-state index in [4.69, 9.17) is 25.8 Å². The van der Waals surface area contributed by atoms with Gasteiger partial charge in [-0.25, -0.2) is 4.79 Å². The Labute approximate surface area is 216 Å². The van der Waals surface area contributed by atoms with Crippen molar-refractivity contribution in [3.63, 3.8) is 0 Å². The monoisotopic (exact) mass is 516 g/mol. The van der Waals surface area contributed by atoms with E-state index < -0.39 is 17.7 Å². The number of esters is 1. The van der Waals surface area contributed by atoms with E-state index in [-0.39, 0.29) is 24.8 Å². The van der Waals surface area contributed by atoms with Crippen molar-refractivity contribution in [2.24, 2.45) is 0 Å². The smallest absolute Gasteiger partial charge is 0.408 e. The minimum Gasteiger partial charge on any atom is -0.489 e. The summed E-state index contributed by atoms with van der Waals surface area (Å²) in [5.41, 5.74) is 1.80. The molecule has 1 atom stereocenters. The molecule has 0 saturated carbocycles. The zero-order valence-electron chi connectivity index (χ0n) is 21.1. The number of methoxy groups -OCH3 is 1. The molecule has 0 aromatic heterocycles. The van der Waals surface area contributed by atoms with Crippen molar-refractivity contribution < 1.29 is 28.6 Å². The molecule has 0 unspecified atom stereocenters. The number of ether oxygens (including phenoxy) is 3. The maximum atomic E-state index is 13.2. The lowest BCUT2D eigenvalue weighted by molar-refractivity contribution is -0.140. The molecule has 1 aliphatic rings. The van der Waals surface area contributed by atoms with Crippen molar-refractivity contribution in [3.05, 3.63) is 64.2 Å². The molecule has 2 amide bonds. The van der Waals surface area contributed by atoms with Gasteiger partial charge >= 0.3 is 12.1 Å². The lowest BCUT2D eigenvalue weighted by atomic mass is 10.0. The Bertz CT molecular complexity index is 1080. The number of carbonyl (C=O) groups is 3. The van der Waals surface area contributed by atoms with Crippen molar-refractivity contribution in [3.8, 4) is 5.75 Å². The van der Waals surface area contributed by atoms with E-state index in [2.05, 4.69) is 5.32 Å². The normalized spacial score (nSPS) is 15.9. The van der Waals surface area contributed by atoms with E-state index in [0.29, 0.717) is 30.3 Å². The molecule has 8 nitrogen and oxygen atoms in total. The molecule has 194 valence electrons. The highest BCUT2D eigenvalue weighted by atomic mass is 35.5. The second-order valence-electron chi connectivity index (χ2n) is 9.71. The third-order valence-corrected chi connectivity index (χ3v) is 5.84. The van der Waals surface area contributed by atoms with E-state index in [1.807, 2.05) is 24.3 Å². The number of piperidine rings is 1. The summed E-state index contributed by atoms with van der Waals surface area (Å²) >= 11 is 5.97. The quantitative estimate of drug-likeness (QED) is 0.513. The fourth-order valence-corrected chi connectivity index (χ4v) is 4.00. The second kappa shape index (κ2) is 12.1. The van der Waals surface area contributed by atoms with Gasteiger partial charge in [-0.2, -0.15) is 0 Å². The van der Waals surface area contributed by atoms with Crippen molar-refractivity contribution in [1.82, 2.24) is 10.2 Å². The standard InChI is InChI=1S/C27H33ClN2O6/c1-27(2,3)36-26(33)29-22-6-5-13-30(25(22)32)16-20-14-19(15-24(31)34-4)9-12-23(20)35-17-18-7-10-21(28)11-8-18/h7-12,14,22H,5-6,13,15-17H2,1-4H3,(H,29,33)/t22-/m0/s1. The van der Waals surface area contributed by atoms with Gasteiger partial charge in [-0.15, -0.1) is 0 Å². The van der Waals surface area contributed by atoms with Crippen molar-refractivity contribution in [2.45, 2.75) is 64.8 Å². The summed E-state index contributed by atoms with van der Waals surface area (Å²) < 4.78 is 16.2. The Morgan fingerprint density at radius 3 is 2.47 bits per heavy atom. The summed E-state index contributed by atoms with van der Waals surface area (Å²) in [4.78, 5) is 38.9. The Morgan fingerprint density at radius 1 is 1.11 bits per heavy atom. The van der Waals surface area contributed by atoms with E-state index in [1.54, 1.807) is 43.9 Å². The minimum atomic E-state index is -0.662. The molecule has 0 bridgehead atoms. The number of nitrogens with one attached hydrogen (secondary N) is 1. The predicted molar refractivity (Wildman–Crippen MR) is 136 cm³/mol. The highest BCUT2D eigenvalue weighted by molar-refractivity contribution is 6.30. The molecule has 36 heavy (non-hydrogen) atoms. The number of hydrogen-bond acceptors (Lipinski definition) is 6. The van der Waals surface area contributed by atoms with Gasteiger partial charge in [0.2, 0.25) is 5.91 Å². The van der Waals surface area contributed by atoms with Crippen LogP contribution in [0.15, 0.2) is 42.5 Å². The number of halogens is 1. The summed E-state index contributed by atoms with van der Waals surface area (Å²) in [5, 5.41) is 3.34. The van der Waals surface area contributed by atoms with Gasteiger partial charge in [-0.1, -0.05) is 29.8 Å². The number of carbonyl (C=O) groups excluding carboxylic acids is 3. The molecule has 0 spiro atoms. The number of benzene rings is 2. The van der Waals surface area contributed by atoms with Gasteiger partial charge < -0.3 is 24.4 Å². The molecule has 1 fully saturated rings. The van der Waals surface area contributed by atoms with E-state index in [0.717, 1.165) is 23.1 Å². The van der Waals surface area contributed by atoms with Crippen molar-refractivity contribution >= 4 is 29.6 Å². The Morgan fingerprint density at radius 2 is 1.81 bits per heavy atom. The molecule has 3 rings (SSSR count). The first-order valence-corrected chi connectivity index (χ1v) is 12.3. The molecule has 1 aliphatic heterocycles. The van der Waals surface area contributed by atoms with Crippen molar-refractivity contribution in [2.75, 3.05) is 13.7 Å². The molecular weight excluding hydrogens is 484 g/mol. The van der Waals surface area contributed by atoms with E-state index in [1.165, 1.54) is 7.11 Å². The molecule has 1 heterocycles. The van der Waals surface area contributed by atoms with Crippen molar-refractivity contribution in [1.29, 1.82) is 0 Å². The van der Waals surface area contributed by atoms with Crippen LogP contribution in [0.4, 0.5) is 4.79 Å². The number of amides is 2. The van der Waals surface area contributed by atoms with Gasteiger partial charge in [-0.3, -0.25) is 9.59 Å². The zero-order valence-corrected chi connectivity index (χ0v) is 21.9. The van der Waals surface area contributed by atoms with Crippen LogP contribution in [0.5, 0.6) is 5.75 Å². The topological polar surface area (TPSA) is 94.2 Å². The zero-order chi connectivity index (χ0) is 26.3. The number of alkyl carbamates (subject to hydrolysis) is 1. The molecule has 9 heteroatoms. The lowest BCUT2D eigenvalue weighted by Crippen LogP contribution is -2.52. The summed E-state index contributed by atoms with van der Waals surface area (Å²) in [6.45, 7) is 6.45. The average Bonchev–Trinajstić information content (AvgIpc) is 2.81. The third-order valence-electron chi connectivity index (χ3n) is 5.59. The third kappa shape index (κ3) is 8.16. The minimum absolute atomic E-state index is 0.109. The first-order chi connectivity index (χ1) is 17.0. The molecular formula is C27H33ClN2O6. The predicted octanol–water partition coefficient (Wildman–Crippen LogP) is 4.65. The van der Waals surface area contributed by atoms with Crippen LogP contribution >= 0.6 is 11.6 Å². The number of hydrogen-bond donors (Lipinski definition) is 1. The van der Waals surface area contributed by atoms with Crippen LogP contribution in [0.25, 0.3) is 0 Å². The lowest BCUT2D eigenvalue weighted by Gasteiger charge is -2.33. The number of likely N-dealkylation sites (tertiary alicyclic amines) is 1. The van der Waals surface area contributed by atoms with Crippen LogP contribution in [0.2, 0.25) is 5.02 Å². The largest absolute Gasteiger partial charge is 0.489 e. The molecule has 1 N–H and O–H groups in total. The van der Waals surface area contributed by atoms with Gasteiger partial charge in [0.05, 0.1) is 13.5 Å². The Hall–Kier alpha value is -3.26. The second-order valence-corrected chi connectivity index (χ2v) is 10.1. The number of nitrogens with zero attached hydrogens (tertiary/aromatic N) is 1. The molecule has 0 radical (unpaired) electrons. The maximum Gasteiger partial charge on any atom is 0.408 e. The highest BCUT2D eigenvalue weighted by Crippen LogP contribution is 2.26. The summed E-state index contributed by atoms with van der Waals surface area (Å²) in [7, 11) is 1.34. The van der Waals surface area contributed by atoms with E-state index >= 15 is 0 Å². The van der Waals surface area contributed by atoms with Crippen LogP contribution in [0, 0.1) is 0 Å². The van der Waals surface area contributed by atoms with Gasteiger partial charge in [0, 0.05) is 23.7 Å². The van der Waals surface area contributed by atoms with Crippen LogP contribution in [0.1, 0.15) is 50.3 Å². The SMILES string of the molecule is COC(=O)Cc1ccc(OCc2ccc(Cl)cc2)c(CN2CCC[C@H](NC(=O)OC(C)(C)C)C2=O)c1. The molecule has 1 saturated heterocycles. The van der Waals surface area contributed by atoms with Crippen LogP contribution in [-0.4, -0.2) is 48.2 Å². The Kier molecular flexibility index (Phi) is 9.20. The fourth-order valence-electron chi connectivity index (χ4n) is 3.87. The van der Waals surface area contributed by atoms with Crippen LogP contribution < -0.4 is 10.1 Å². The Balaban J connectivity index is 1.76. The highest BCUT2D eigenvalue weighted by Gasteiger charge is 2.32. The van der Waals surface area contributed by atoms with Crippen LogP contribution in [0.3, 0.4) is 0 Å². The fraction of sp³-hybridized carbons (Fsp3) is 0.444. The first kappa shape index (κ1) is 27.3. The van der Waals surface area contributed by atoms with Gasteiger partial charge in [0.15, 0.2) is 0 Å². The molecule has 0 aliphatic carbocycles. The van der Waals surface area contributed by atoms with Gasteiger partial charge in [0.1, 0.15) is 24.0 Å². The summed E-state index contributed by atoms with van der Waals surface area (Å²) in [6.07, 6.45) is 0.763. The molecule has 2 aromatic carbocycles. The average molecular weight is 517 g/mol. The molecule has 2 aromatic rings.